The van der Waals surface area contributed by atoms with Crippen molar-refractivity contribution >= 4 is 80.3 Å². The molecule has 5 rings (SSSR count). The maximum Gasteiger partial charge on any atom is 0.146 e. The third-order valence-corrected chi connectivity index (χ3v) is 11.2. The summed E-state index contributed by atoms with van der Waals surface area (Å²) >= 11 is 18.5. The zero-order valence-electron chi connectivity index (χ0n) is 23.8. The molecule has 7 nitrogen and oxygen atoms in total. The van der Waals surface area contributed by atoms with E-state index in [2.05, 4.69) is 19.8 Å². The van der Waals surface area contributed by atoms with Crippen molar-refractivity contribution in [1.29, 1.82) is 0 Å². The number of rotatable bonds is 4. The number of phenolic OH excluding ortho intramolecular Hbond substituents is 2. The number of phenols is 2. The first kappa shape index (κ1) is 32.8. The summed E-state index contributed by atoms with van der Waals surface area (Å²) in [6, 6.07) is 11.1. The molecule has 12 heteroatoms. The van der Waals surface area contributed by atoms with Gasteiger partial charge in [0, 0.05) is 108 Å². The molecule has 1 fully saturated rings. The van der Waals surface area contributed by atoms with Crippen LogP contribution in [-0.4, -0.2) is 102 Å². The fraction of sp³-hybridized carbons (Fsp3) is 0.419. The fourth-order valence-electron chi connectivity index (χ4n) is 5.10. The number of aliphatic hydroxyl groups is 1. The summed E-state index contributed by atoms with van der Waals surface area (Å²) in [6.07, 6.45) is 2.97. The van der Waals surface area contributed by atoms with Crippen molar-refractivity contribution in [3.05, 3.63) is 70.0 Å². The molecular weight excluding hydrogens is 643 g/mol. The molecule has 43 heavy (non-hydrogen) atoms. The number of benzene rings is 2. The number of nitrogens with zero attached hydrogens (tertiary/aromatic N) is 4. The number of aromatic nitrogens is 2. The highest BCUT2D eigenvalue weighted by Gasteiger charge is 2.18. The van der Waals surface area contributed by atoms with E-state index in [4.69, 9.17) is 23.2 Å². The molecule has 1 aliphatic heterocycles. The number of aromatic hydroxyl groups is 2. The Kier molecular flexibility index (Phi) is 12.3. The lowest BCUT2D eigenvalue weighted by molar-refractivity contribution is 0.224. The normalized spacial score (nSPS) is 17.9. The van der Waals surface area contributed by atoms with E-state index in [0.717, 1.165) is 71.1 Å². The van der Waals surface area contributed by atoms with Crippen LogP contribution in [0.25, 0.3) is 21.8 Å². The predicted octanol–water partition coefficient (Wildman–Crippen LogP) is 6.38. The van der Waals surface area contributed by atoms with E-state index in [1.165, 1.54) is 0 Å². The fourth-order valence-corrected chi connectivity index (χ4v) is 8.69. The second kappa shape index (κ2) is 16.1. The number of aliphatic hydroxyl groups excluding tert-OH is 1. The van der Waals surface area contributed by atoms with Gasteiger partial charge in [0.25, 0.3) is 0 Å². The van der Waals surface area contributed by atoms with Crippen molar-refractivity contribution in [2.45, 2.75) is 19.2 Å². The Morgan fingerprint density at radius 3 is 1.56 bits per heavy atom. The first-order valence-electron chi connectivity index (χ1n) is 14.3. The van der Waals surface area contributed by atoms with E-state index in [-0.39, 0.29) is 17.6 Å². The molecule has 3 heterocycles. The minimum atomic E-state index is -0.371. The molecule has 2 aromatic heterocycles. The van der Waals surface area contributed by atoms with Crippen LogP contribution in [-0.2, 0) is 13.1 Å². The molecule has 230 valence electrons. The number of halogens is 2. The number of thioether (sulfide) groups is 3. The molecule has 0 bridgehead atoms. The maximum atomic E-state index is 11.0. The van der Waals surface area contributed by atoms with Gasteiger partial charge >= 0.3 is 0 Å². The lowest BCUT2D eigenvalue weighted by atomic mass is 10.1. The number of pyridine rings is 2. The van der Waals surface area contributed by atoms with Gasteiger partial charge in [0.1, 0.15) is 22.5 Å². The molecular formula is C31H36Cl2N4O3S3. The zero-order valence-corrected chi connectivity index (χ0v) is 27.8. The molecule has 0 aliphatic carbocycles. The number of hydrogen-bond acceptors (Lipinski definition) is 10. The lowest BCUT2D eigenvalue weighted by Gasteiger charge is -2.25. The molecule has 4 aromatic rings. The molecule has 0 atom stereocenters. The second-order valence-electron chi connectivity index (χ2n) is 10.5. The molecule has 3 N–H and O–H groups in total. The van der Waals surface area contributed by atoms with E-state index in [0.29, 0.717) is 45.7 Å². The van der Waals surface area contributed by atoms with Gasteiger partial charge in [0.15, 0.2) is 0 Å². The van der Waals surface area contributed by atoms with Gasteiger partial charge in [0.05, 0.1) is 16.1 Å². The van der Waals surface area contributed by atoms with Crippen LogP contribution in [0.2, 0.25) is 10.0 Å². The summed E-state index contributed by atoms with van der Waals surface area (Å²) in [4.78, 5) is 13.4. The summed E-state index contributed by atoms with van der Waals surface area (Å²) in [6.45, 7) is 4.52. The van der Waals surface area contributed by atoms with Gasteiger partial charge < -0.3 is 15.3 Å². The van der Waals surface area contributed by atoms with Crippen LogP contribution in [0.4, 0.5) is 0 Å². The van der Waals surface area contributed by atoms with Crippen molar-refractivity contribution in [3.63, 3.8) is 0 Å². The lowest BCUT2D eigenvalue weighted by Crippen LogP contribution is -2.31. The molecule has 1 aliphatic rings. The molecule has 0 saturated carbocycles. The molecule has 0 radical (unpaired) electrons. The Labute approximate surface area is 275 Å². The van der Waals surface area contributed by atoms with Crippen LogP contribution >= 0.6 is 58.5 Å². The van der Waals surface area contributed by atoms with Crippen molar-refractivity contribution in [2.24, 2.45) is 0 Å². The van der Waals surface area contributed by atoms with Gasteiger partial charge in [0.2, 0.25) is 0 Å². The van der Waals surface area contributed by atoms with Crippen molar-refractivity contribution in [2.75, 3.05) is 60.7 Å². The maximum absolute atomic E-state index is 11.0. The Hall–Kier alpha value is -1.63. The standard InChI is InChI=1S/C31H36Cl2N4O3S3/c32-26-15-21(30(39)28-24(26)3-1-5-34-28)17-36-7-11-41-12-8-37(10-14-43-20-23(38)19-42-13-9-36)18-22-16-27(33)25-4-2-6-35-29(25)31(22)40/h1-6,15-16,23,38-40H,7-14,17-20H2. The van der Waals surface area contributed by atoms with Crippen molar-refractivity contribution < 1.29 is 15.3 Å². The largest absolute Gasteiger partial charge is 0.505 e. The van der Waals surface area contributed by atoms with Crippen molar-refractivity contribution in [1.82, 2.24) is 19.8 Å². The average Bonchev–Trinajstić information content (AvgIpc) is 3.01. The molecule has 0 unspecified atom stereocenters. The average molecular weight is 680 g/mol. The summed E-state index contributed by atoms with van der Waals surface area (Å²) in [5.41, 5.74) is 2.59. The quantitative estimate of drug-likeness (QED) is 0.226. The first-order chi connectivity index (χ1) is 20.9. The van der Waals surface area contributed by atoms with Gasteiger partial charge in [-0.1, -0.05) is 23.2 Å². The van der Waals surface area contributed by atoms with Crippen LogP contribution in [0.15, 0.2) is 48.8 Å². The van der Waals surface area contributed by atoms with E-state index in [1.807, 2.05) is 48.2 Å². The smallest absolute Gasteiger partial charge is 0.146 e. The van der Waals surface area contributed by atoms with Gasteiger partial charge in [-0.25, -0.2) is 0 Å². The van der Waals surface area contributed by atoms with Crippen LogP contribution in [0.3, 0.4) is 0 Å². The van der Waals surface area contributed by atoms with Crippen LogP contribution in [0, 0.1) is 0 Å². The molecule has 1 saturated heterocycles. The third-order valence-electron chi connectivity index (χ3n) is 7.40. The minimum Gasteiger partial charge on any atom is -0.505 e. The first-order valence-corrected chi connectivity index (χ1v) is 18.5. The highest BCUT2D eigenvalue weighted by Crippen LogP contribution is 2.35. The number of fused-ring (bicyclic) bond motifs is 2. The predicted molar refractivity (Wildman–Crippen MR) is 185 cm³/mol. The van der Waals surface area contributed by atoms with Crippen LogP contribution in [0.5, 0.6) is 11.5 Å². The van der Waals surface area contributed by atoms with Crippen molar-refractivity contribution in [3.8, 4) is 11.5 Å². The molecule has 0 amide bonds. The van der Waals surface area contributed by atoms with Crippen LogP contribution < -0.4 is 0 Å². The van der Waals surface area contributed by atoms with Gasteiger partial charge in [-0.05, 0) is 36.4 Å². The summed E-state index contributed by atoms with van der Waals surface area (Å²) in [5, 5.41) is 35.2. The Morgan fingerprint density at radius 2 is 1.12 bits per heavy atom. The molecule has 2 aromatic carbocycles. The van der Waals surface area contributed by atoms with E-state index < -0.39 is 0 Å². The van der Waals surface area contributed by atoms with E-state index >= 15 is 0 Å². The number of hydrogen-bond donors (Lipinski definition) is 3. The summed E-state index contributed by atoms with van der Waals surface area (Å²) in [5.74, 6) is 5.41. The highest BCUT2D eigenvalue weighted by molar-refractivity contribution is 8.00. The summed E-state index contributed by atoms with van der Waals surface area (Å²) < 4.78 is 0. The van der Waals surface area contributed by atoms with Gasteiger partial charge in [-0.15, -0.1) is 0 Å². The Bertz CT molecular complexity index is 1420. The highest BCUT2D eigenvalue weighted by atomic mass is 35.5. The zero-order chi connectivity index (χ0) is 30.2. The minimum absolute atomic E-state index is 0.183. The topological polar surface area (TPSA) is 93.0 Å². The monoisotopic (exact) mass is 678 g/mol. The van der Waals surface area contributed by atoms with E-state index in [1.54, 1.807) is 35.9 Å². The SMILES string of the molecule is Oc1c(CN2CCSCCN(Cc3cc(Cl)c4cccnc4c3O)CCSCC(O)CSCC2)cc(Cl)c2cccnc12. The second-order valence-corrected chi connectivity index (χ2v) is 14.8. The van der Waals surface area contributed by atoms with Gasteiger partial charge in [-0.2, -0.15) is 35.3 Å². The summed E-state index contributed by atoms with van der Waals surface area (Å²) in [7, 11) is 0. The van der Waals surface area contributed by atoms with E-state index in [9.17, 15) is 15.3 Å². The Balaban J connectivity index is 1.26. The third kappa shape index (κ3) is 8.76. The van der Waals surface area contributed by atoms with Gasteiger partial charge in [-0.3, -0.25) is 19.8 Å². The molecule has 0 spiro atoms. The Morgan fingerprint density at radius 1 is 0.698 bits per heavy atom. The van der Waals surface area contributed by atoms with Crippen LogP contribution in [0.1, 0.15) is 11.1 Å².